The summed E-state index contributed by atoms with van der Waals surface area (Å²) in [5, 5.41) is 9.03. The number of hydrogen-bond donors (Lipinski definition) is 3. The zero-order valence-corrected chi connectivity index (χ0v) is 27.4. The molecular weight excluding hydrogens is 600 g/mol. The van der Waals surface area contributed by atoms with E-state index >= 15 is 0 Å². The minimum absolute atomic E-state index is 0.00969. The third-order valence-corrected chi connectivity index (χ3v) is 9.36. The lowest BCUT2D eigenvalue weighted by Gasteiger charge is -2.40. The van der Waals surface area contributed by atoms with Crippen LogP contribution < -0.4 is 16.0 Å². The topological polar surface area (TPSA) is 157 Å². The Bertz CT molecular complexity index is 1420. The molecule has 1 aromatic carbocycles. The summed E-state index contributed by atoms with van der Waals surface area (Å²) in [6.07, 6.45) is 7.36. The van der Waals surface area contributed by atoms with E-state index in [1.54, 1.807) is 11.8 Å². The van der Waals surface area contributed by atoms with Crippen molar-refractivity contribution < 1.29 is 24.0 Å². The summed E-state index contributed by atoms with van der Waals surface area (Å²) in [6.45, 7) is 7.13. The summed E-state index contributed by atoms with van der Waals surface area (Å²) in [5.41, 5.74) is 1.31. The van der Waals surface area contributed by atoms with Crippen molar-refractivity contribution in [1.82, 2.24) is 40.6 Å². The number of nitrogens with zero attached hydrogens (tertiary/aromatic N) is 5. The molecule has 1 aromatic heterocycles. The predicted octanol–water partition coefficient (Wildman–Crippen LogP) is 0.761. The van der Waals surface area contributed by atoms with Crippen molar-refractivity contribution in [3.8, 4) is 0 Å². The molecule has 5 rings (SSSR count). The first kappa shape index (κ1) is 34.0. The second-order valence-electron chi connectivity index (χ2n) is 13.1. The summed E-state index contributed by atoms with van der Waals surface area (Å²) < 4.78 is 0. The minimum Gasteiger partial charge on any atom is -0.350 e. The number of likely N-dealkylation sites (tertiary alicyclic amines) is 1. The van der Waals surface area contributed by atoms with Gasteiger partial charge < -0.3 is 25.8 Å². The molecule has 47 heavy (non-hydrogen) atoms. The maximum atomic E-state index is 13.9. The number of rotatable bonds is 5. The fraction of sp³-hybridized carbons (Fsp3) is 0.559. The van der Waals surface area contributed by atoms with E-state index in [4.69, 9.17) is 0 Å². The first-order valence-corrected chi connectivity index (χ1v) is 16.6. The van der Waals surface area contributed by atoms with Crippen molar-refractivity contribution in [2.45, 2.75) is 83.1 Å². The van der Waals surface area contributed by atoms with Gasteiger partial charge in [-0.25, -0.2) is 4.98 Å². The maximum absolute atomic E-state index is 13.9. The predicted molar refractivity (Wildman–Crippen MR) is 174 cm³/mol. The van der Waals surface area contributed by atoms with E-state index < -0.39 is 18.1 Å². The van der Waals surface area contributed by atoms with Gasteiger partial charge in [-0.05, 0) is 50.5 Å². The Morgan fingerprint density at radius 3 is 2.36 bits per heavy atom. The Labute approximate surface area is 275 Å². The summed E-state index contributed by atoms with van der Waals surface area (Å²) in [6, 6.07) is 7.05. The van der Waals surface area contributed by atoms with E-state index in [1.165, 1.54) is 23.5 Å². The van der Waals surface area contributed by atoms with Crippen LogP contribution in [0.1, 0.15) is 62.5 Å². The van der Waals surface area contributed by atoms with E-state index in [0.717, 1.165) is 5.56 Å². The van der Waals surface area contributed by atoms with Crippen molar-refractivity contribution in [1.29, 1.82) is 0 Å². The van der Waals surface area contributed by atoms with Gasteiger partial charge in [0.25, 0.3) is 5.91 Å². The number of hydrogen-bond acceptors (Lipinski definition) is 8. The van der Waals surface area contributed by atoms with Crippen molar-refractivity contribution >= 4 is 29.5 Å². The first-order chi connectivity index (χ1) is 22.6. The number of fused-ring (bicyclic) bond motifs is 1. The van der Waals surface area contributed by atoms with Crippen LogP contribution in [0.5, 0.6) is 0 Å². The number of nitrogens with one attached hydrogen (secondary N) is 3. The Balaban J connectivity index is 1.41. The van der Waals surface area contributed by atoms with E-state index in [9.17, 15) is 24.0 Å². The van der Waals surface area contributed by atoms with Gasteiger partial charge >= 0.3 is 0 Å². The highest BCUT2D eigenvalue weighted by atomic mass is 16.2. The monoisotopic (exact) mass is 646 g/mol. The van der Waals surface area contributed by atoms with E-state index in [-0.39, 0.29) is 59.8 Å². The zero-order chi connectivity index (χ0) is 33.5. The van der Waals surface area contributed by atoms with Crippen LogP contribution in [0.4, 0.5) is 0 Å². The smallest absolute Gasteiger partial charge is 0.274 e. The molecule has 13 heteroatoms. The lowest BCUT2D eigenvalue weighted by Crippen LogP contribution is -2.58. The van der Waals surface area contributed by atoms with Gasteiger partial charge in [0, 0.05) is 50.7 Å². The van der Waals surface area contributed by atoms with E-state index in [2.05, 4.69) is 30.8 Å². The van der Waals surface area contributed by atoms with Gasteiger partial charge in [-0.2, -0.15) is 0 Å². The maximum Gasteiger partial charge on any atom is 0.274 e. The Hall–Kier alpha value is -4.39. The van der Waals surface area contributed by atoms with Gasteiger partial charge in [0.15, 0.2) is 0 Å². The Morgan fingerprint density at radius 1 is 0.936 bits per heavy atom. The molecule has 0 aliphatic carbocycles. The van der Waals surface area contributed by atoms with Crippen molar-refractivity contribution in [3.63, 3.8) is 0 Å². The van der Waals surface area contributed by atoms with Crippen LogP contribution in [-0.2, 0) is 25.6 Å². The quantitative estimate of drug-likeness (QED) is 0.430. The fourth-order valence-corrected chi connectivity index (χ4v) is 6.85. The number of benzene rings is 1. The van der Waals surface area contributed by atoms with Crippen LogP contribution in [0.15, 0.2) is 48.9 Å². The van der Waals surface area contributed by atoms with E-state index in [1.807, 2.05) is 44.2 Å². The highest BCUT2D eigenvalue weighted by Crippen LogP contribution is 2.22. The number of aromatic nitrogens is 2. The molecule has 3 N–H and O–H groups in total. The van der Waals surface area contributed by atoms with Crippen LogP contribution in [-0.4, -0.2) is 117 Å². The number of amides is 5. The molecule has 252 valence electrons. The number of carbonyl (C=O) groups is 5. The number of piperidine rings is 1. The lowest BCUT2D eigenvalue weighted by molar-refractivity contribution is -0.142. The number of carbonyl (C=O) groups excluding carboxylic acids is 5. The summed E-state index contributed by atoms with van der Waals surface area (Å²) in [5.74, 6) is -1.68. The molecule has 4 heterocycles. The molecule has 13 nitrogen and oxygen atoms in total. The largest absolute Gasteiger partial charge is 0.350 e. The van der Waals surface area contributed by atoms with Crippen LogP contribution >= 0.6 is 0 Å². The molecule has 5 amide bonds. The van der Waals surface area contributed by atoms with Crippen LogP contribution in [0.2, 0.25) is 0 Å². The zero-order valence-electron chi connectivity index (χ0n) is 27.4. The van der Waals surface area contributed by atoms with Crippen LogP contribution in [0.3, 0.4) is 0 Å². The van der Waals surface area contributed by atoms with Crippen LogP contribution in [0.25, 0.3) is 0 Å². The Morgan fingerprint density at radius 2 is 1.68 bits per heavy atom. The fourth-order valence-electron chi connectivity index (χ4n) is 6.85. The molecule has 0 unspecified atom stereocenters. The average molecular weight is 647 g/mol. The molecule has 0 radical (unpaired) electrons. The molecule has 3 aliphatic rings. The first-order valence-electron chi connectivity index (χ1n) is 16.6. The SMILES string of the molecule is CC(C)[C@@H]1NC(=O)[C@H]2CCCN2C(=O)[C@H](C)NC(=O)CN(C2CCN(C(=O)c3cnccn3)CC2)C[C@H](Cc2ccccc2)NC1=O. The molecule has 0 bridgehead atoms. The van der Waals surface area contributed by atoms with Crippen molar-refractivity contribution in [3.05, 3.63) is 60.2 Å². The molecule has 0 spiro atoms. The molecule has 3 aliphatic heterocycles. The van der Waals surface area contributed by atoms with E-state index in [0.29, 0.717) is 58.3 Å². The molecular formula is C34H46N8O5. The standard InChI is InChI=1S/C34H46N8O5/c1-22(2)30-32(45)38-25(18-24-8-5-4-6-9-24)20-41(26-11-16-40(17-12-26)34(47)27-19-35-13-14-36-27)21-29(43)37-23(3)33(46)42-15-7-10-28(42)31(44)39-30/h4-6,8-9,13-14,19,22-23,25-26,28,30H,7,10-12,15-18,20-21H2,1-3H3,(H,37,43)(H,38,45)(H,39,44)/t23-,25-,28+,30-/m0/s1. The van der Waals surface area contributed by atoms with Gasteiger partial charge in [-0.3, -0.25) is 33.9 Å². The molecule has 2 aromatic rings. The third-order valence-electron chi connectivity index (χ3n) is 9.36. The second kappa shape index (κ2) is 15.5. The summed E-state index contributed by atoms with van der Waals surface area (Å²) in [4.78, 5) is 81.0. The highest BCUT2D eigenvalue weighted by Gasteiger charge is 2.39. The van der Waals surface area contributed by atoms with Crippen molar-refractivity contribution in [2.24, 2.45) is 5.92 Å². The van der Waals surface area contributed by atoms with Gasteiger partial charge in [0.1, 0.15) is 23.8 Å². The van der Waals surface area contributed by atoms with Gasteiger partial charge in [-0.15, -0.1) is 0 Å². The second-order valence-corrected chi connectivity index (χ2v) is 13.1. The molecule has 3 fully saturated rings. The normalized spacial score (nSPS) is 25.8. The highest BCUT2D eigenvalue weighted by molar-refractivity contribution is 5.95. The van der Waals surface area contributed by atoms with Gasteiger partial charge in [0.05, 0.1) is 12.7 Å². The Kier molecular flexibility index (Phi) is 11.2. The summed E-state index contributed by atoms with van der Waals surface area (Å²) >= 11 is 0. The minimum atomic E-state index is -0.824. The molecule has 0 saturated carbocycles. The summed E-state index contributed by atoms with van der Waals surface area (Å²) in [7, 11) is 0. The molecule has 4 atom stereocenters. The van der Waals surface area contributed by atoms with Gasteiger partial charge in [0.2, 0.25) is 23.6 Å². The molecule has 3 saturated heterocycles. The lowest BCUT2D eigenvalue weighted by atomic mass is 9.98. The average Bonchev–Trinajstić information content (AvgIpc) is 3.56. The third kappa shape index (κ3) is 8.51. The van der Waals surface area contributed by atoms with Crippen LogP contribution in [0, 0.1) is 5.92 Å². The van der Waals surface area contributed by atoms with Crippen molar-refractivity contribution in [2.75, 3.05) is 32.7 Å². The van der Waals surface area contributed by atoms with Gasteiger partial charge in [-0.1, -0.05) is 44.2 Å².